The summed E-state index contributed by atoms with van der Waals surface area (Å²) >= 11 is 0. The molecule has 1 fully saturated rings. The summed E-state index contributed by atoms with van der Waals surface area (Å²) in [4.78, 5) is 18.1. The summed E-state index contributed by atoms with van der Waals surface area (Å²) in [6, 6.07) is 8.48. The van der Waals surface area contributed by atoms with Gasteiger partial charge in [0.25, 0.3) is 0 Å². The molecule has 1 atom stereocenters. The van der Waals surface area contributed by atoms with Crippen molar-refractivity contribution in [3.05, 3.63) is 72.2 Å². The standard InChI is InChI=1S/C22H28N6/c1-26(2)15-19-5-6-21(25-14-19)27-12-3-4-20(17-27)22-24-11-13-28(22)16-18-7-9-23-10-8-18/h5-11,13-14,20H,3-4,12,15-17H2,1-2H3. The summed E-state index contributed by atoms with van der Waals surface area (Å²) in [7, 11) is 4.16. The molecule has 0 saturated carbocycles. The van der Waals surface area contributed by atoms with E-state index in [0.717, 1.165) is 38.4 Å². The monoisotopic (exact) mass is 376 g/mol. The normalized spacial score (nSPS) is 17.2. The Morgan fingerprint density at radius 2 is 1.89 bits per heavy atom. The van der Waals surface area contributed by atoms with Crippen molar-refractivity contribution >= 4 is 5.82 Å². The van der Waals surface area contributed by atoms with Gasteiger partial charge in [0.1, 0.15) is 11.6 Å². The minimum absolute atomic E-state index is 0.425. The van der Waals surface area contributed by atoms with Crippen molar-refractivity contribution in [1.82, 2.24) is 24.4 Å². The van der Waals surface area contributed by atoms with Gasteiger partial charge in [-0.15, -0.1) is 0 Å². The highest BCUT2D eigenvalue weighted by molar-refractivity contribution is 5.40. The predicted octanol–water partition coefficient (Wildman–Crippen LogP) is 3.17. The number of pyridine rings is 2. The Hall–Kier alpha value is -2.73. The first-order chi connectivity index (χ1) is 13.7. The van der Waals surface area contributed by atoms with Crippen LogP contribution < -0.4 is 4.90 Å². The SMILES string of the molecule is CN(C)Cc1ccc(N2CCCC(c3nccn3Cc3ccncc3)C2)nc1. The zero-order chi connectivity index (χ0) is 19.3. The second-order valence-corrected chi connectivity index (χ2v) is 7.82. The summed E-state index contributed by atoms with van der Waals surface area (Å²) in [6.07, 6.45) is 12.0. The van der Waals surface area contributed by atoms with Gasteiger partial charge in [0.05, 0.1) is 0 Å². The average molecular weight is 377 g/mol. The van der Waals surface area contributed by atoms with Crippen molar-refractivity contribution in [2.45, 2.75) is 31.8 Å². The zero-order valence-corrected chi connectivity index (χ0v) is 16.7. The van der Waals surface area contributed by atoms with Gasteiger partial charge < -0.3 is 14.4 Å². The Kier molecular flexibility index (Phi) is 5.67. The lowest BCUT2D eigenvalue weighted by Crippen LogP contribution is -2.36. The molecule has 1 aliphatic rings. The first-order valence-electron chi connectivity index (χ1n) is 9.93. The van der Waals surface area contributed by atoms with E-state index in [1.165, 1.54) is 23.4 Å². The average Bonchev–Trinajstić information content (AvgIpc) is 3.17. The van der Waals surface area contributed by atoms with Crippen molar-refractivity contribution in [3.63, 3.8) is 0 Å². The molecule has 146 valence electrons. The van der Waals surface area contributed by atoms with Gasteiger partial charge >= 0.3 is 0 Å². The highest BCUT2D eigenvalue weighted by atomic mass is 15.2. The minimum Gasteiger partial charge on any atom is -0.356 e. The molecule has 0 N–H and O–H groups in total. The maximum atomic E-state index is 4.73. The summed E-state index contributed by atoms with van der Waals surface area (Å²) < 4.78 is 2.27. The fourth-order valence-electron chi connectivity index (χ4n) is 3.96. The molecule has 1 unspecified atom stereocenters. The van der Waals surface area contributed by atoms with E-state index in [2.05, 4.69) is 63.9 Å². The molecule has 0 radical (unpaired) electrons. The molecule has 6 heteroatoms. The van der Waals surface area contributed by atoms with Crippen LogP contribution in [0.5, 0.6) is 0 Å². The van der Waals surface area contributed by atoms with Gasteiger partial charge in [0, 0.05) is 63.1 Å². The van der Waals surface area contributed by atoms with E-state index >= 15 is 0 Å². The van der Waals surface area contributed by atoms with Gasteiger partial charge in [-0.3, -0.25) is 4.98 Å². The fraction of sp³-hybridized carbons (Fsp3) is 0.409. The number of nitrogens with zero attached hydrogens (tertiary/aromatic N) is 6. The van der Waals surface area contributed by atoms with Crippen molar-refractivity contribution in [3.8, 4) is 0 Å². The van der Waals surface area contributed by atoms with Crippen LogP contribution in [-0.4, -0.2) is 51.6 Å². The van der Waals surface area contributed by atoms with E-state index in [9.17, 15) is 0 Å². The third kappa shape index (κ3) is 4.39. The van der Waals surface area contributed by atoms with Crippen molar-refractivity contribution in [1.29, 1.82) is 0 Å². The van der Waals surface area contributed by atoms with Crippen LogP contribution in [0.15, 0.2) is 55.2 Å². The molecule has 0 amide bonds. The lowest BCUT2D eigenvalue weighted by atomic mass is 9.97. The summed E-state index contributed by atoms with van der Waals surface area (Å²) in [5, 5.41) is 0. The Bertz CT molecular complexity index is 872. The zero-order valence-electron chi connectivity index (χ0n) is 16.7. The molecule has 4 rings (SSSR count). The molecule has 6 nitrogen and oxygen atoms in total. The third-order valence-electron chi connectivity index (χ3n) is 5.27. The molecule has 4 heterocycles. The Labute approximate surface area is 166 Å². The molecule has 28 heavy (non-hydrogen) atoms. The number of anilines is 1. The predicted molar refractivity (Wildman–Crippen MR) is 111 cm³/mol. The number of piperidine rings is 1. The summed E-state index contributed by atoms with van der Waals surface area (Å²) in [5.74, 6) is 2.67. The van der Waals surface area contributed by atoms with Crippen molar-refractivity contribution in [2.24, 2.45) is 0 Å². The number of hydrogen-bond donors (Lipinski definition) is 0. The third-order valence-corrected chi connectivity index (χ3v) is 5.27. The second kappa shape index (κ2) is 8.52. The molecule has 0 spiro atoms. The lowest BCUT2D eigenvalue weighted by molar-refractivity contribution is 0.402. The quantitative estimate of drug-likeness (QED) is 0.661. The van der Waals surface area contributed by atoms with Crippen LogP contribution in [0.3, 0.4) is 0 Å². The first kappa shape index (κ1) is 18.6. The van der Waals surface area contributed by atoms with Gasteiger partial charge in [-0.25, -0.2) is 9.97 Å². The van der Waals surface area contributed by atoms with Gasteiger partial charge in [-0.05, 0) is 56.3 Å². The lowest BCUT2D eigenvalue weighted by Gasteiger charge is -2.33. The van der Waals surface area contributed by atoms with Crippen LogP contribution in [0.2, 0.25) is 0 Å². The largest absolute Gasteiger partial charge is 0.356 e. The second-order valence-electron chi connectivity index (χ2n) is 7.82. The number of rotatable bonds is 6. The highest BCUT2D eigenvalue weighted by Gasteiger charge is 2.25. The van der Waals surface area contributed by atoms with Gasteiger partial charge in [-0.2, -0.15) is 0 Å². The molecule has 0 bridgehead atoms. The van der Waals surface area contributed by atoms with E-state index in [-0.39, 0.29) is 0 Å². The van der Waals surface area contributed by atoms with Crippen LogP contribution in [0.25, 0.3) is 0 Å². The summed E-state index contributed by atoms with van der Waals surface area (Å²) in [6.45, 7) is 3.78. The molecule has 1 saturated heterocycles. The van der Waals surface area contributed by atoms with Crippen LogP contribution in [0, 0.1) is 0 Å². The van der Waals surface area contributed by atoms with Gasteiger partial charge in [-0.1, -0.05) is 6.07 Å². The highest BCUT2D eigenvalue weighted by Crippen LogP contribution is 2.28. The van der Waals surface area contributed by atoms with Gasteiger partial charge in [0.15, 0.2) is 0 Å². The van der Waals surface area contributed by atoms with Gasteiger partial charge in [0.2, 0.25) is 0 Å². The number of imidazole rings is 1. The molecule has 3 aromatic heterocycles. The van der Waals surface area contributed by atoms with Crippen LogP contribution in [-0.2, 0) is 13.1 Å². The topological polar surface area (TPSA) is 50.1 Å². The molecule has 0 aromatic carbocycles. The van der Waals surface area contributed by atoms with Crippen LogP contribution >= 0.6 is 0 Å². The van der Waals surface area contributed by atoms with Crippen molar-refractivity contribution in [2.75, 3.05) is 32.1 Å². The Morgan fingerprint density at radius 3 is 2.64 bits per heavy atom. The molecular formula is C22H28N6. The first-order valence-corrected chi connectivity index (χ1v) is 9.93. The maximum absolute atomic E-state index is 4.73. The molecule has 1 aliphatic heterocycles. The van der Waals surface area contributed by atoms with E-state index in [1.54, 1.807) is 0 Å². The smallest absolute Gasteiger partial charge is 0.128 e. The molecule has 3 aromatic rings. The van der Waals surface area contributed by atoms with Crippen LogP contribution in [0.1, 0.15) is 35.7 Å². The van der Waals surface area contributed by atoms with E-state index < -0.39 is 0 Å². The van der Waals surface area contributed by atoms with E-state index in [0.29, 0.717) is 5.92 Å². The Morgan fingerprint density at radius 1 is 1.04 bits per heavy atom. The van der Waals surface area contributed by atoms with Crippen LogP contribution in [0.4, 0.5) is 5.82 Å². The molecular weight excluding hydrogens is 348 g/mol. The van der Waals surface area contributed by atoms with E-state index in [4.69, 9.17) is 9.97 Å². The Balaban J connectivity index is 1.46. The fourth-order valence-corrected chi connectivity index (χ4v) is 3.96. The van der Waals surface area contributed by atoms with E-state index in [1.807, 2.05) is 24.8 Å². The number of hydrogen-bond acceptors (Lipinski definition) is 5. The maximum Gasteiger partial charge on any atom is 0.128 e. The minimum atomic E-state index is 0.425. The number of aromatic nitrogens is 4. The summed E-state index contributed by atoms with van der Waals surface area (Å²) in [5.41, 5.74) is 2.50. The molecule has 0 aliphatic carbocycles. The van der Waals surface area contributed by atoms with Crippen molar-refractivity contribution < 1.29 is 0 Å².